The molecule has 2 aromatic rings. The first-order valence-electron chi connectivity index (χ1n) is 6.50. The molecule has 2 N–H and O–H groups in total. The minimum absolute atomic E-state index is 0.0507. The number of hydrogen-bond acceptors (Lipinski definition) is 5. The molecule has 0 aliphatic heterocycles. The van der Waals surface area contributed by atoms with Gasteiger partial charge < -0.3 is 10.1 Å². The number of aromatic nitrogens is 1. The molecule has 23 heavy (non-hydrogen) atoms. The van der Waals surface area contributed by atoms with Gasteiger partial charge in [0.05, 0.1) is 6.61 Å². The van der Waals surface area contributed by atoms with Crippen LogP contribution in [0, 0.1) is 11.6 Å². The van der Waals surface area contributed by atoms with Crippen LogP contribution in [0.3, 0.4) is 0 Å². The van der Waals surface area contributed by atoms with E-state index in [1.807, 2.05) is 0 Å². The van der Waals surface area contributed by atoms with Crippen LogP contribution in [0.5, 0.6) is 0 Å². The molecule has 0 saturated heterocycles. The van der Waals surface area contributed by atoms with Gasteiger partial charge in [-0.15, -0.1) is 11.3 Å². The number of halogens is 2. The molecule has 2 amide bonds. The second-order valence-electron chi connectivity index (χ2n) is 4.37. The number of carbonyl (C=O) groups excluding carboxylic acids is 2. The lowest BCUT2D eigenvalue weighted by Crippen LogP contribution is -2.27. The summed E-state index contributed by atoms with van der Waals surface area (Å²) in [6, 6.07) is 2.80. The Hall–Kier alpha value is -2.39. The van der Waals surface area contributed by atoms with E-state index in [2.05, 4.69) is 15.6 Å². The first-order valence-corrected chi connectivity index (χ1v) is 7.38. The summed E-state index contributed by atoms with van der Waals surface area (Å²) in [6.45, 7) is 0.707. The zero-order valence-electron chi connectivity index (χ0n) is 12.1. The summed E-state index contributed by atoms with van der Waals surface area (Å²) in [6.07, 6.45) is 0. The molecule has 2 rings (SSSR count). The van der Waals surface area contributed by atoms with E-state index in [9.17, 15) is 18.4 Å². The molecule has 0 spiro atoms. The number of hydrogen-bond donors (Lipinski definition) is 2. The van der Waals surface area contributed by atoms with E-state index in [0.717, 1.165) is 29.5 Å². The summed E-state index contributed by atoms with van der Waals surface area (Å²) < 4.78 is 30.7. The van der Waals surface area contributed by atoms with Crippen LogP contribution in [0.25, 0.3) is 0 Å². The van der Waals surface area contributed by atoms with Crippen LogP contribution >= 0.6 is 11.3 Å². The Morgan fingerprint density at radius 2 is 2.04 bits per heavy atom. The molecule has 0 aliphatic rings. The first-order chi connectivity index (χ1) is 11.0. The van der Waals surface area contributed by atoms with E-state index < -0.39 is 23.4 Å². The Kier molecular flexibility index (Phi) is 5.72. The highest BCUT2D eigenvalue weighted by Crippen LogP contribution is 2.17. The van der Waals surface area contributed by atoms with E-state index in [1.54, 1.807) is 0 Å². The molecule has 9 heteroatoms. The van der Waals surface area contributed by atoms with Gasteiger partial charge in [-0.3, -0.25) is 14.9 Å². The Labute approximate surface area is 134 Å². The minimum atomic E-state index is -1.12. The highest BCUT2D eigenvalue weighted by molar-refractivity contribution is 7.14. The van der Waals surface area contributed by atoms with Crippen LogP contribution in [0.15, 0.2) is 23.6 Å². The topological polar surface area (TPSA) is 80.3 Å². The smallest absolute Gasteiger partial charge is 0.270 e. The average molecular weight is 341 g/mol. The van der Waals surface area contributed by atoms with Crippen molar-refractivity contribution in [3.63, 3.8) is 0 Å². The Morgan fingerprint density at radius 1 is 1.26 bits per heavy atom. The number of nitrogens with one attached hydrogen (secondary N) is 2. The number of methoxy groups -OCH3 is 1. The van der Waals surface area contributed by atoms with Gasteiger partial charge >= 0.3 is 0 Å². The van der Waals surface area contributed by atoms with Crippen molar-refractivity contribution in [2.24, 2.45) is 0 Å². The van der Waals surface area contributed by atoms with Crippen molar-refractivity contribution >= 4 is 28.3 Å². The van der Waals surface area contributed by atoms with Gasteiger partial charge in [-0.1, -0.05) is 0 Å². The number of carbonyl (C=O) groups is 2. The van der Waals surface area contributed by atoms with Crippen LogP contribution < -0.4 is 10.6 Å². The SMILES string of the molecule is COCCNC(=O)c1csc(NC(=O)c2ccc(F)c(F)c2)n1. The lowest BCUT2D eigenvalue weighted by atomic mass is 10.2. The molecule has 6 nitrogen and oxygen atoms in total. The van der Waals surface area contributed by atoms with Crippen molar-refractivity contribution in [3.8, 4) is 0 Å². The summed E-state index contributed by atoms with van der Waals surface area (Å²) in [4.78, 5) is 27.6. The molecule has 0 fully saturated rings. The summed E-state index contributed by atoms with van der Waals surface area (Å²) in [5.74, 6) is -3.20. The molecule has 1 aromatic heterocycles. The molecule has 0 atom stereocenters. The number of nitrogens with zero attached hydrogens (tertiary/aromatic N) is 1. The van der Waals surface area contributed by atoms with Crippen molar-refractivity contribution in [1.82, 2.24) is 10.3 Å². The lowest BCUT2D eigenvalue weighted by Gasteiger charge is -2.03. The van der Waals surface area contributed by atoms with Crippen LogP contribution in [0.2, 0.25) is 0 Å². The molecule has 0 radical (unpaired) electrons. The molecule has 0 bridgehead atoms. The fourth-order valence-corrected chi connectivity index (χ4v) is 2.28. The maximum Gasteiger partial charge on any atom is 0.270 e. The van der Waals surface area contributed by atoms with E-state index in [1.165, 1.54) is 12.5 Å². The van der Waals surface area contributed by atoms with E-state index in [4.69, 9.17) is 4.74 Å². The Balaban J connectivity index is 1.99. The predicted octanol–water partition coefficient (Wildman–Crippen LogP) is 2.05. The molecule has 122 valence electrons. The molecule has 1 aromatic carbocycles. The van der Waals surface area contributed by atoms with E-state index in [-0.39, 0.29) is 16.4 Å². The van der Waals surface area contributed by atoms with Gasteiger partial charge in [-0.2, -0.15) is 0 Å². The third kappa shape index (κ3) is 4.54. The van der Waals surface area contributed by atoms with Crippen molar-refractivity contribution in [2.45, 2.75) is 0 Å². The third-order valence-electron chi connectivity index (χ3n) is 2.73. The third-order valence-corrected chi connectivity index (χ3v) is 3.49. The first kappa shape index (κ1) is 17.0. The zero-order valence-corrected chi connectivity index (χ0v) is 12.9. The quantitative estimate of drug-likeness (QED) is 0.788. The molecular formula is C14H13F2N3O3S. The number of rotatable bonds is 6. The summed E-state index contributed by atoms with van der Waals surface area (Å²) in [7, 11) is 1.51. The van der Waals surface area contributed by atoms with Gasteiger partial charge in [0.15, 0.2) is 16.8 Å². The van der Waals surface area contributed by atoms with Gasteiger partial charge in [0.2, 0.25) is 0 Å². The summed E-state index contributed by atoms with van der Waals surface area (Å²) in [5, 5.41) is 6.66. The molecule has 0 unspecified atom stereocenters. The molecule has 1 heterocycles. The van der Waals surface area contributed by atoms with Crippen LogP contribution in [-0.2, 0) is 4.74 Å². The predicted molar refractivity (Wildman–Crippen MR) is 80.6 cm³/mol. The van der Waals surface area contributed by atoms with Gasteiger partial charge in [-0.25, -0.2) is 13.8 Å². The maximum atomic E-state index is 13.1. The van der Waals surface area contributed by atoms with Crippen LogP contribution in [0.4, 0.5) is 13.9 Å². The second kappa shape index (κ2) is 7.75. The van der Waals surface area contributed by atoms with E-state index >= 15 is 0 Å². The van der Waals surface area contributed by atoms with E-state index in [0.29, 0.717) is 13.2 Å². The molecular weight excluding hydrogens is 328 g/mol. The standard InChI is InChI=1S/C14H13F2N3O3S/c1-22-5-4-17-13(21)11-7-23-14(18-11)19-12(20)8-2-3-9(15)10(16)6-8/h2-3,6-7H,4-5H2,1H3,(H,17,21)(H,18,19,20). The summed E-state index contributed by atoms with van der Waals surface area (Å²) >= 11 is 1.04. The fourth-order valence-electron chi connectivity index (χ4n) is 1.60. The van der Waals surface area contributed by atoms with Gasteiger partial charge in [0.25, 0.3) is 11.8 Å². The number of ether oxygens (including phenoxy) is 1. The van der Waals surface area contributed by atoms with Crippen molar-refractivity contribution in [1.29, 1.82) is 0 Å². The van der Waals surface area contributed by atoms with Crippen molar-refractivity contribution < 1.29 is 23.1 Å². The average Bonchev–Trinajstić information content (AvgIpc) is 2.98. The Morgan fingerprint density at radius 3 is 2.74 bits per heavy atom. The van der Waals surface area contributed by atoms with Crippen LogP contribution in [-0.4, -0.2) is 37.1 Å². The molecule has 0 saturated carbocycles. The number of anilines is 1. The van der Waals surface area contributed by atoms with Gasteiger partial charge in [0.1, 0.15) is 5.69 Å². The Bertz CT molecular complexity index is 721. The van der Waals surface area contributed by atoms with Gasteiger partial charge in [0, 0.05) is 24.6 Å². The van der Waals surface area contributed by atoms with Gasteiger partial charge in [-0.05, 0) is 18.2 Å². The van der Waals surface area contributed by atoms with Crippen molar-refractivity contribution in [3.05, 3.63) is 46.5 Å². The maximum absolute atomic E-state index is 13.1. The van der Waals surface area contributed by atoms with Crippen LogP contribution in [0.1, 0.15) is 20.8 Å². The largest absolute Gasteiger partial charge is 0.383 e. The van der Waals surface area contributed by atoms with Crippen molar-refractivity contribution in [2.75, 3.05) is 25.6 Å². The number of thiazole rings is 1. The number of benzene rings is 1. The highest BCUT2D eigenvalue weighted by Gasteiger charge is 2.14. The monoisotopic (exact) mass is 341 g/mol. The molecule has 0 aliphatic carbocycles. The summed E-state index contributed by atoms with van der Waals surface area (Å²) in [5.41, 5.74) is 0.0943. The minimum Gasteiger partial charge on any atom is -0.383 e. The zero-order chi connectivity index (χ0) is 16.8. The fraction of sp³-hybridized carbons (Fsp3) is 0.214. The lowest BCUT2D eigenvalue weighted by molar-refractivity contribution is 0.0931. The number of amides is 2. The highest BCUT2D eigenvalue weighted by atomic mass is 32.1. The second-order valence-corrected chi connectivity index (χ2v) is 5.23. The normalized spacial score (nSPS) is 10.4.